The average Bonchev–Trinajstić information content (AvgIpc) is 2.64. The Bertz CT molecular complexity index is 876. The number of hydrogen-bond donors (Lipinski definition) is 1. The number of fused-ring (bicyclic) bond motifs is 1. The SMILES string of the molecule is CN(C)Cc1ccccc1CNC(=O)CN1C(=O)Cc2ccccc2C1=O. The summed E-state index contributed by atoms with van der Waals surface area (Å²) in [4.78, 5) is 40.2. The second kappa shape index (κ2) is 8.14. The minimum atomic E-state index is -0.412. The molecule has 1 aliphatic rings. The molecule has 0 aromatic heterocycles. The highest BCUT2D eigenvalue weighted by atomic mass is 16.2. The molecule has 0 saturated carbocycles. The summed E-state index contributed by atoms with van der Waals surface area (Å²) in [5.74, 6) is -1.11. The van der Waals surface area contributed by atoms with E-state index in [1.54, 1.807) is 24.3 Å². The average molecular weight is 365 g/mol. The Hall–Kier alpha value is -2.99. The molecule has 2 aromatic rings. The summed E-state index contributed by atoms with van der Waals surface area (Å²) in [7, 11) is 3.97. The quantitative estimate of drug-likeness (QED) is 0.790. The maximum absolute atomic E-state index is 12.5. The fourth-order valence-corrected chi connectivity index (χ4v) is 3.18. The highest BCUT2D eigenvalue weighted by Crippen LogP contribution is 2.19. The van der Waals surface area contributed by atoms with Gasteiger partial charge in [-0.2, -0.15) is 0 Å². The Morgan fingerprint density at radius 2 is 1.70 bits per heavy atom. The molecule has 2 aromatic carbocycles. The van der Waals surface area contributed by atoms with Crippen LogP contribution in [-0.4, -0.2) is 48.2 Å². The van der Waals surface area contributed by atoms with Gasteiger partial charge in [0.1, 0.15) is 6.54 Å². The van der Waals surface area contributed by atoms with Crippen molar-refractivity contribution in [3.8, 4) is 0 Å². The van der Waals surface area contributed by atoms with E-state index in [1.165, 1.54) is 0 Å². The first-order valence-electron chi connectivity index (χ1n) is 8.86. The van der Waals surface area contributed by atoms with Crippen molar-refractivity contribution < 1.29 is 14.4 Å². The van der Waals surface area contributed by atoms with Crippen LogP contribution in [0.5, 0.6) is 0 Å². The molecule has 6 nitrogen and oxygen atoms in total. The maximum Gasteiger partial charge on any atom is 0.261 e. The van der Waals surface area contributed by atoms with Crippen LogP contribution in [0.25, 0.3) is 0 Å². The van der Waals surface area contributed by atoms with Crippen LogP contribution >= 0.6 is 0 Å². The van der Waals surface area contributed by atoms with Gasteiger partial charge in [-0.3, -0.25) is 19.3 Å². The Morgan fingerprint density at radius 1 is 1.04 bits per heavy atom. The van der Waals surface area contributed by atoms with Crippen LogP contribution in [0.1, 0.15) is 27.0 Å². The molecule has 0 radical (unpaired) electrons. The second-order valence-corrected chi connectivity index (χ2v) is 6.90. The first kappa shape index (κ1) is 18.8. The maximum atomic E-state index is 12.5. The third kappa shape index (κ3) is 4.41. The molecule has 0 saturated heterocycles. The van der Waals surface area contributed by atoms with Crippen LogP contribution in [-0.2, 0) is 29.1 Å². The Morgan fingerprint density at radius 3 is 2.44 bits per heavy atom. The number of carbonyl (C=O) groups excluding carboxylic acids is 3. The Kier molecular flexibility index (Phi) is 5.66. The molecule has 0 fully saturated rings. The summed E-state index contributed by atoms with van der Waals surface area (Å²) >= 11 is 0. The highest BCUT2D eigenvalue weighted by Gasteiger charge is 2.31. The van der Waals surface area contributed by atoms with Crippen molar-refractivity contribution in [2.75, 3.05) is 20.6 Å². The van der Waals surface area contributed by atoms with Crippen molar-refractivity contribution in [2.45, 2.75) is 19.5 Å². The molecule has 140 valence electrons. The molecule has 27 heavy (non-hydrogen) atoms. The predicted molar refractivity (Wildman–Crippen MR) is 102 cm³/mol. The first-order chi connectivity index (χ1) is 13.0. The van der Waals surface area contributed by atoms with Gasteiger partial charge in [0, 0.05) is 18.7 Å². The number of imide groups is 1. The van der Waals surface area contributed by atoms with Crippen molar-refractivity contribution >= 4 is 17.7 Å². The molecule has 1 N–H and O–H groups in total. The summed E-state index contributed by atoms with van der Waals surface area (Å²) in [6, 6.07) is 14.9. The number of nitrogens with zero attached hydrogens (tertiary/aromatic N) is 2. The number of hydrogen-bond acceptors (Lipinski definition) is 4. The molecule has 0 aliphatic carbocycles. The molecule has 0 bridgehead atoms. The van der Waals surface area contributed by atoms with E-state index < -0.39 is 5.91 Å². The van der Waals surface area contributed by atoms with E-state index in [-0.39, 0.29) is 24.8 Å². The van der Waals surface area contributed by atoms with E-state index in [0.717, 1.165) is 22.6 Å². The van der Waals surface area contributed by atoms with Gasteiger partial charge in [0.05, 0.1) is 6.42 Å². The van der Waals surface area contributed by atoms with Crippen molar-refractivity contribution in [3.63, 3.8) is 0 Å². The molecule has 0 unspecified atom stereocenters. The summed E-state index contributed by atoms with van der Waals surface area (Å²) in [6.45, 7) is 0.865. The van der Waals surface area contributed by atoms with Crippen LogP contribution in [0.15, 0.2) is 48.5 Å². The Balaban J connectivity index is 1.64. The summed E-state index contributed by atoms with van der Waals surface area (Å²) in [5, 5.41) is 2.82. The lowest BCUT2D eigenvalue weighted by atomic mass is 9.98. The van der Waals surface area contributed by atoms with Crippen molar-refractivity contribution in [2.24, 2.45) is 0 Å². The van der Waals surface area contributed by atoms with E-state index in [0.29, 0.717) is 17.7 Å². The standard InChI is InChI=1S/C21H23N3O3/c1-23(2)13-17-9-4-3-8-16(17)12-22-19(25)14-24-20(26)11-15-7-5-6-10-18(15)21(24)27/h3-10H,11-14H2,1-2H3,(H,22,25). The van der Waals surface area contributed by atoms with Gasteiger partial charge in [0.15, 0.2) is 0 Å². The lowest BCUT2D eigenvalue weighted by Gasteiger charge is -2.26. The van der Waals surface area contributed by atoms with Crippen LogP contribution in [0.2, 0.25) is 0 Å². The molecular formula is C21H23N3O3. The monoisotopic (exact) mass is 365 g/mol. The van der Waals surface area contributed by atoms with Gasteiger partial charge in [0.25, 0.3) is 5.91 Å². The van der Waals surface area contributed by atoms with E-state index in [9.17, 15) is 14.4 Å². The largest absolute Gasteiger partial charge is 0.350 e. The minimum Gasteiger partial charge on any atom is -0.350 e. The van der Waals surface area contributed by atoms with Gasteiger partial charge in [-0.25, -0.2) is 0 Å². The van der Waals surface area contributed by atoms with Crippen LogP contribution in [0.3, 0.4) is 0 Å². The van der Waals surface area contributed by atoms with E-state index in [1.807, 2.05) is 38.4 Å². The third-order valence-electron chi connectivity index (χ3n) is 4.52. The zero-order chi connectivity index (χ0) is 19.4. The topological polar surface area (TPSA) is 69.7 Å². The first-order valence-corrected chi connectivity index (χ1v) is 8.86. The molecule has 6 heteroatoms. The molecule has 3 rings (SSSR count). The Labute approximate surface area is 158 Å². The highest BCUT2D eigenvalue weighted by molar-refractivity contribution is 6.11. The number of benzene rings is 2. The number of rotatable bonds is 6. The fourth-order valence-electron chi connectivity index (χ4n) is 3.18. The molecule has 1 aliphatic heterocycles. The zero-order valence-corrected chi connectivity index (χ0v) is 15.6. The lowest BCUT2D eigenvalue weighted by molar-refractivity contribution is -0.133. The summed E-state index contributed by atoms with van der Waals surface area (Å²) in [5.41, 5.74) is 3.34. The van der Waals surface area contributed by atoms with Crippen molar-refractivity contribution in [1.82, 2.24) is 15.1 Å². The summed E-state index contributed by atoms with van der Waals surface area (Å²) in [6.07, 6.45) is 0.140. The van der Waals surface area contributed by atoms with Gasteiger partial charge < -0.3 is 10.2 Å². The molecular weight excluding hydrogens is 342 g/mol. The molecule has 0 atom stereocenters. The smallest absolute Gasteiger partial charge is 0.261 e. The molecule has 3 amide bonds. The van der Waals surface area contributed by atoms with Gasteiger partial charge in [-0.15, -0.1) is 0 Å². The van der Waals surface area contributed by atoms with E-state index >= 15 is 0 Å². The minimum absolute atomic E-state index is 0.140. The lowest BCUT2D eigenvalue weighted by Crippen LogP contribution is -2.47. The number of amides is 3. The second-order valence-electron chi connectivity index (χ2n) is 6.90. The van der Waals surface area contributed by atoms with Gasteiger partial charge >= 0.3 is 0 Å². The van der Waals surface area contributed by atoms with E-state index in [2.05, 4.69) is 10.2 Å². The van der Waals surface area contributed by atoms with Crippen LogP contribution in [0.4, 0.5) is 0 Å². The number of nitrogens with one attached hydrogen (secondary N) is 1. The van der Waals surface area contributed by atoms with Crippen LogP contribution in [0, 0.1) is 0 Å². The van der Waals surface area contributed by atoms with Crippen LogP contribution < -0.4 is 5.32 Å². The third-order valence-corrected chi connectivity index (χ3v) is 4.52. The normalized spacial score (nSPS) is 13.7. The molecule has 1 heterocycles. The van der Waals surface area contributed by atoms with Crippen molar-refractivity contribution in [3.05, 3.63) is 70.8 Å². The van der Waals surface area contributed by atoms with Gasteiger partial charge in [0.2, 0.25) is 11.8 Å². The molecule has 0 spiro atoms. The summed E-state index contributed by atoms with van der Waals surface area (Å²) < 4.78 is 0. The number of carbonyl (C=O) groups is 3. The van der Waals surface area contributed by atoms with E-state index in [4.69, 9.17) is 0 Å². The zero-order valence-electron chi connectivity index (χ0n) is 15.6. The van der Waals surface area contributed by atoms with Gasteiger partial charge in [-0.05, 0) is 36.9 Å². The van der Waals surface area contributed by atoms with Gasteiger partial charge in [-0.1, -0.05) is 42.5 Å². The predicted octanol–water partition coefficient (Wildman–Crippen LogP) is 1.59. The fraction of sp³-hybridized carbons (Fsp3) is 0.286. The van der Waals surface area contributed by atoms with Crippen molar-refractivity contribution in [1.29, 1.82) is 0 Å².